The number of anilines is 3. The first kappa shape index (κ1) is 18.1. The summed E-state index contributed by atoms with van der Waals surface area (Å²) in [5, 5.41) is 3.84. The summed E-state index contributed by atoms with van der Waals surface area (Å²) < 4.78 is 174. The number of benzene rings is 9. The molecule has 0 fully saturated rings. The van der Waals surface area contributed by atoms with Gasteiger partial charge in [0.25, 0.3) is 0 Å². The van der Waals surface area contributed by atoms with Crippen molar-refractivity contribution in [3.05, 3.63) is 200 Å². The van der Waals surface area contributed by atoms with E-state index < -0.39 is 142 Å². The molecule has 9 aromatic carbocycles. The molecule has 0 saturated heterocycles. The van der Waals surface area contributed by atoms with Gasteiger partial charge in [0.05, 0.1) is 35.7 Å². The lowest BCUT2D eigenvalue weighted by Gasteiger charge is -2.26. The molecule has 0 radical (unpaired) electrons. The fraction of sp³-hybridized carbons (Fsp3) is 0. The van der Waals surface area contributed by atoms with E-state index in [-0.39, 0.29) is 16.7 Å². The minimum Gasteiger partial charge on any atom is -0.455 e. The number of rotatable bonds is 6. The zero-order valence-electron chi connectivity index (χ0n) is 46.4. The van der Waals surface area contributed by atoms with Crippen LogP contribution in [0.2, 0.25) is 0 Å². The van der Waals surface area contributed by atoms with Crippen molar-refractivity contribution in [2.75, 3.05) is 4.90 Å². The summed E-state index contributed by atoms with van der Waals surface area (Å²) in [6.45, 7) is 0. The highest BCUT2D eigenvalue weighted by atomic mass is 16.3. The van der Waals surface area contributed by atoms with Gasteiger partial charge in [0.1, 0.15) is 22.3 Å². The molecule has 3 nitrogen and oxygen atoms in total. The molecule has 0 aliphatic rings. The predicted molar refractivity (Wildman–Crippen MR) is 229 cm³/mol. The Morgan fingerprint density at radius 1 is 0.382 bits per heavy atom. The molecule has 0 amide bonds. The topological polar surface area (TPSA) is 29.5 Å². The first-order valence-electron chi connectivity index (χ1n) is 26.2. The van der Waals surface area contributed by atoms with E-state index in [1.807, 2.05) is 72.8 Å². The highest BCUT2D eigenvalue weighted by Crippen LogP contribution is 2.48. The van der Waals surface area contributed by atoms with E-state index in [1.165, 1.54) is 6.07 Å². The summed E-state index contributed by atoms with van der Waals surface area (Å²) >= 11 is 0. The largest absolute Gasteiger partial charge is 0.455 e. The molecule has 11 rings (SSSR count). The predicted octanol–water partition coefficient (Wildman–Crippen LogP) is 15.1. The second-order valence-electron chi connectivity index (χ2n) is 12.7. The number of nitrogens with zero attached hydrogens (tertiary/aromatic N) is 1. The Balaban J connectivity index is 1.28. The zero-order valence-corrected chi connectivity index (χ0v) is 28.4. The van der Waals surface area contributed by atoms with E-state index in [0.717, 1.165) is 21.1 Å². The van der Waals surface area contributed by atoms with Crippen molar-refractivity contribution in [1.82, 2.24) is 0 Å². The molecule has 0 spiro atoms. The standard InChI is InChI=1S/C52H33NO2/c1-3-13-34(14-4-1)36-25-29-38(30-26-36)53(39-31-27-37(28-32-39)35-15-5-2-6-16-35)47-22-12-24-49-50(47)46-33-45(40-17-7-8-19-42(40)52(46)55-49)44-21-11-20-43-41-18-9-10-23-48(41)54-51(43)44/h1-33H/i1D,2D,3D,4D,5D,6D,13D,14D,15D,16D,25D,26D,27D,28D,29D,30D,31D,32D. The lowest BCUT2D eigenvalue weighted by atomic mass is 9.94. The van der Waals surface area contributed by atoms with Gasteiger partial charge in [0, 0.05) is 38.5 Å². The summed E-state index contributed by atoms with van der Waals surface area (Å²) in [6.07, 6.45) is 0. The molecule has 0 unspecified atom stereocenters. The van der Waals surface area contributed by atoms with E-state index >= 15 is 0 Å². The van der Waals surface area contributed by atoms with Gasteiger partial charge in [-0.3, -0.25) is 0 Å². The molecule has 2 heterocycles. The highest BCUT2D eigenvalue weighted by molar-refractivity contribution is 6.24. The molecule has 0 aliphatic heterocycles. The van der Waals surface area contributed by atoms with Crippen molar-refractivity contribution in [3.8, 4) is 33.4 Å². The highest BCUT2D eigenvalue weighted by Gasteiger charge is 2.23. The van der Waals surface area contributed by atoms with Gasteiger partial charge in [-0.05, 0) is 81.6 Å². The van der Waals surface area contributed by atoms with Crippen LogP contribution in [0.5, 0.6) is 0 Å². The van der Waals surface area contributed by atoms with Crippen molar-refractivity contribution in [1.29, 1.82) is 0 Å². The third-order valence-corrected chi connectivity index (χ3v) is 9.59. The van der Waals surface area contributed by atoms with Crippen LogP contribution in [-0.4, -0.2) is 0 Å². The van der Waals surface area contributed by atoms with Crippen LogP contribution in [0.1, 0.15) is 24.7 Å². The van der Waals surface area contributed by atoms with Gasteiger partial charge in [0.2, 0.25) is 0 Å². The Labute approximate surface area is 343 Å². The molecular weight excluding hydrogens is 671 g/mol. The lowest BCUT2D eigenvalue weighted by Crippen LogP contribution is -2.10. The van der Waals surface area contributed by atoms with Crippen LogP contribution in [0.25, 0.3) is 88.0 Å². The maximum atomic E-state index is 9.66. The molecule has 2 aromatic heterocycles. The van der Waals surface area contributed by atoms with E-state index in [1.54, 1.807) is 12.1 Å². The van der Waals surface area contributed by atoms with E-state index in [4.69, 9.17) is 22.5 Å². The monoisotopic (exact) mass is 721 g/mol. The summed E-state index contributed by atoms with van der Waals surface area (Å²) in [7, 11) is 0. The van der Waals surface area contributed by atoms with Gasteiger partial charge in [0.15, 0.2) is 0 Å². The Morgan fingerprint density at radius 3 is 1.56 bits per heavy atom. The third-order valence-electron chi connectivity index (χ3n) is 9.59. The quantitative estimate of drug-likeness (QED) is 0.171. The molecule has 0 aliphatic carbocycles. The molecule has 3 heteroatoms. The van der Waals surface area contributed by atoms with Crippen LogP contribution in [0.4, 0.5) is 17.1 Å². The fourth-order valence-electron chi connectivity index (χ4n) is 7.19. The van der Waals surface area contributed by atoms with E-state index in [9.17, 15) is 11.0 Å². The molecule has 0 saturated carbocycles. The van der Waals surface area contributed by atoms with Crippen LogP contribution in [0.3, 0.4) is 0 Å². The van der Waals surface area contributed by atoms with Crippen molar-refractivity contribution >= 4 is 71.7 Å². The van der Waals surface area contributed by atoms with Gasteiger partial charge in [-0.2, -0.15) is 0 Å². The molecular formula is C52H33NO2. The molecule has 11 aromatic rings. The maximum Gasteiger partial charge on any atom is 0.143 e. The molecule has 0 N–H and O–H groups in total. The van der Waals surface area contributed by atoms with Crippen LogP contribution in [0, 0.1) is 0 Å². The summed E-state index contributed by atoms with van der Waals surface area (Å²) in [5.41, 5.74) is -0.607. The number of furan rings is 2. The van der Waals surface area contributed by atoms with Crippen molar-refractivity contribution in [3.63, 3.8) is 0 Å². The lowest BCUT2D eigenvalue weighted by molar-refractivity contribution is 0.670. The van der Waals surface area contributed by atoms with Crippen LogP contribution < -0.4 is 4.90 Å². The van der Waals surface area contributed by atoms with E-state index in [0.29, 0.717) is 38.6 Å². The van der Waals surface area contributed by atoms with Crippen molar-refractivity contribution < 1.29 is 33.5 Å². The number of hydrogen-bond acceptors (Lipinski definition) is 3. The summed E-state index contributed by atoms with van der Waals surface area (Å²) in [4.78, 5) is 1.02. The molecule has 0 bridgehead atoms. The summed E-state index contributed by atoms with van der Waals surface area (Å²) in [6, 6.07) is 12.6. The SMILES string of the molecule is [2H]c1c([2H])c([2H])c(-c2c([2H])c([2H])c(N(c3c([2H])c([2H])c(-c4c([2H])c([2H])c([2H])c([2H])c4[2H])c([2H])c3[2H])c3cccc4oc5c6ccccc6c(-c6cccc7c6oc6ccccc67)cc5c34)c([2H])c2[2H])c([2H])c1[2H]. The number of fused-ring (bicyclic) bond motifs is 8. The average molecular weight is 722 g/mol. The first-order chi connectivity index (χ1) is 34.8. The fourth-order valence-corrected chi connectivity index (χ4v) is 7.19. The summed E-state index contributed by atoms with van der Waals surface area (Å²) in [5.74, 6) is 0. The number of para-hydroxylation sites is 2. The zero-order chi connectivity index (χ0) is 52.0. The van der Waals surface area contributed by atoms with Gasteiger partial charge in [-0.1, -0.05) is 151 Å². The Morgan fingerprint density at radius 2 is 0.891 bits per heavy atom. The Kier molecular flexibility index (Phi) is 4.17. The van der Waals surface area contributed by atoms with Crippen LogP contribution in [0.15, 0.2) is 209 Å². The van der Waals surface area contributed by atoms with Crippen molar-refractivity contribution in [2.24, 2.45) is 0 Å². The minimum atomic E-state index is -0.873. The second-order valence-corrected chi connectivity index (χ2v) is 12.7. The normalized spacial score (nSPS) is 16.2. The van der Waals surface area contributed by atoms with Crippen LogP contribution in [-0.2, 0) is 0 Å². The van der Waals surface area contributed by atoms with Gasteiger partial charge >= 0.3 is 0 Å². The van der Waals surface area contributed by atoms with Gasteiger partial charge in [-0.25, -0.2) is 0 Å². The van der Waals surface area contributed by atoms with Crippen molar-refractivity contribution in [2.45, 2.75) is 0 Å². The molecule has 258 valence electrons. The third kappa shape index (κ3) is 5.13. The first-order valence-corrected chi connectivity index (χ1v) is 17.2. The molecule has 0 atom stereocenters. The smallest absolute Gasteiger partial charge is 0.143 e. The second kappa shape index (κ2) is 12.6. The maximum absolute atomic E-state index is 9.66. The van der Waals surface area contributed by atoms with Gasteiger partial charge in [-0.15, -0.1) is 0 Å². The van der Waals surface area contributed by atoms with Gasteiger partial charge < -0.3 is 13.7 Å². The van der Waals surface area contributed by atoms with Crippen LogP contribution >= 0.6 is 0 Å². The Bertz CT molecular complexity index is 4030. The minimum absolute atomic E-state index is 0.0351. The van der Waals surface area contributed by atoms with E-state index in [2.05, 4.69) is 0 Å². The molecule has 55 heavy (non-hydrogen) atoms. The number of hydrogen-bond donors (Lipinski definition) is 0. The Hall–Kier alpha value is -7.36. The average Bonchev–Trinajstić information content (AvgIpc) is 3.98.